The molecule has 30 heavy (non-hydrogen) atoms. The monoisotopic (exact) mass is 410 g/mol. The zero-order valence-electron chi connectivity index (χ0n) is 19.2. The number of β-amino-alcohol motifs (C(OH)–C–C–N with tert-alkyl or cyclic N) is 1. The Hall–Kier alpha value is -1.98. The normalized spacial score (nSPS) is 16.1. The molecule has 0 amide bonds. The maximum atomic E-state index is 10.3. The Kier molecular flexibility index (Phi) is 8.23. The average Bonchev–Trinajstić information content (AvgIpc) is 2.75. The third kappa shape index (κ3) is 6.02. The molecular weight excluding hydrogens is 372 g/mol. The average molecular weight is 411 g/mol. The summed E-state index contributed by atoms with van der Waals surface area (Å²) in [6.07, 6.45) is 4.73. The van der Waals surface area contributed by atoms with Crippen LogP contribution in [0, 0.1) is 13.8 Å². The van der Waals surface area contributed by atoms with Gasteiger partial charge in [0, 0.05) is 50.4 Å². The topological polar surface area (TPSA) is 52.5 Å². The molecule has 1 atom stereocenters. The van der Waals surface area contributed by atoms with E-state index in [1.807, 2.05) is 6.92 Å². The van der Waals surface area contributed by atoms with E-state index in [0.29, 0.717) is 0 Å². The van der Waals surface area contributed by atoms with Crippen molar-refractivity contribution in [2.75, 3.05) is 37.6 Å². The van der Waals surface area contributed by atoms with E-state index in [4.69, 9.17) is 9.97 Å². The van der Waals surface area contributed by atoms with Crippen molar-refractivity contribution in [1.29, 1.82) is 0 Å². The number of rotatable bonds is 9. The minimum absolute atomic E-state index is 0.207. The van der Waals surface area contributed by atoms with Crippen molar-refractivity contribution in [3.63, 3.8) is 0 Å². The quantitative estimate of drug-likeness (QED) is 0.679. The lowest BCUT2D eigenvalue weighted by atomic mass is 10.0. The molecule has 5 nitrogen and oxygen atoms in total. The molecule has 3 rings (SSSR count). The van der Waals surface area contributed by atoms with Crippen LogP contribution < -0.4 is 4.90 Å². The third-order valence-corrected chi connectivity index (χ3v) is 6.05. The molecule has 0 unspecified atom stereocenters. The first kappa shape index (κ1) is 22.7. The van der Waals surface area contributed by atoms with E-state index < -0.39 is 0 Å². The smallest absolute Gasteiger partial charge is 0.136 e. The van der Waals surface area contributed by atoms with Crippen LogP contribution in [0.15, 0.2) is 24.3 Å². The SMILES string of the molecule is CCCC[C@H](O)CN1CCN(c2nc(C)nc(CC)c2Cc2ccc(C)cc2)CC1. The Labute approximate surface area is 182 Å². The molecule has 2 heterocycles. The maximum Gasteiger partial charge on any atom is 0.136 e. The fraction of sp³-hybridized carbons (Fsp3) is 0.600. The van der Waals surface area contributed by atoms with E-state index in [1.54, 1.807) is 0 Å². The van der Waals surface area contributed by atoms with Crippen LogP contribution in [0.25, 0.3) is 0 Å². The predicted molar refractivity (Wildman–Crippen MR) is 124 cm³/mol. The minimum Gasteiger partial charge on any atom is -0.392 e. The lowest BCUT2D eigenvalue weighted by Gasteiger charge is -2.37. The van der Waals surface area contributed by atoms with Gasteiger partial charge in [-0.2, -0.15) is 0 Å². The van der Waals surface area contributed by atoms with E-state index in [9.17, 15) is 5.11 Å². The number of anilines is 1. The molecular formula is C25H38N4O. The predicted octanol–water partition coefficient (Wildman–Crippen LogP) is 3.92. The lowest BCUT2D eigenvalue weighted by molar-refractivity contribution is 0.100. The number of aromatic nitrogens is 2. The first-order chi connectivity index (χ1) is 14.5. The second-order valence-corrected chi connectivity index (χ2v) is 8.62. The van der Waals surface area contributed by atoms with Crippen molar-refractivity contribution >= 4 is 5.82 Å². The van der Waals surface area contributed by atoms with Crippen LogP contribution in [0.3, 0.4) is 0 Å². The molecule has 1 aromatic carbocycles. The first-order valence-electron chi connectivity index (χ1n) is 11.6. The molecule has 5 heteroatoms. The summed E-state index contributed by atoms with van der Waals surface area (Å²) in [6, 6.07) is 8.79. The number of aliphatic hydroxyl groups excluding tert-OH is 1. The third-order valence-electron chi connectivity index (χ3n) is 6.05. The molecule has 1 fully saturated rings. The Bertz CT molecular complexity index is 798. The van der Waals surface area contributed by atoms with Crippen LogP contribution >= 0.6 is 0 Å². The van der Waals surface area contributed by atoms with Crippen LogP contribution in [0.2, 0.25) is 0 Å². The van der Waals surface area contributed by atoms with Crippen LogP contribution in [-0.2, 0) is 12.8 Å². The summed E-state index contributed by atoms with van der Waals surface area (Å²) in [4.78, 5) is 14.5. The van der Waals surface area contributed by atoms with Crippen LogP contribution in [0.5, 0.6) is 0 Å². The molecule has 1 aliphatic heterocycles. The minimum atomic E-state index is -0.207. The molecule has 0 radical (unpaired) electrons. The molecule has 164 valence electrons. The molecule has 0 aliphatic carbocycles. The highest BCUT2D eigenvalue weighted by molar-refractivity contribution is 5.52. The number of nitrogens with zero attached hydrogens (tertiary/aromatic N) is 4. The van der Waals surface area contributed by atoms with Gasteiger partial charge >= 0.3 is 0 Å². The van der Waals surface area contributed by atoms with Gasteiger partial charge in [-0.15, -0.1) is 0 Å². The van der Waals surface area contributed by atoms with Gasteiger partial charge in [0.25, 0.3) is 0 Å². The standard InChI is InChI=1S/C25H38N4O/c1-5-7-8-22(30)18-28-13-15-29(16-14-28)25-23(24(6-2)26-20(4)27-25)17-21-11-9-19(3)10-12-21/h9-12,22,30H,5-8,13-18H2,1-4H3/t22-/m0/s1. The van der Waals surface area contributed by atoms with Gasteiger partial charge in [-0.25, -0.2) is 9.97 Å². The molecule has 1 aromatic heterocycles. The van der Waals surface area contributed by atoms with Crippen molar-refractivity contribution < 1.29 is 5.11 Å². The fourth-order valence-electron chi connectivity index (χ4n) is 4.25. The zero-order valence-corrected chi connectivity index (χ0v) is 19.2. The number of benzene rings is 1. The molecule has 0 saturated carbocycles. The number of hydrogen-bond acceptors (Lipinski definition) is 5. The Morgan fingerprint density at radius 3 is 2.33 bits per heavy atom. The first-order valence-corrected chi connectivity index (χ1v) is 11.6. The summed E-state index contributed by atoms with van der Waals surface area (Å²) >= 11 is 0. The van der Waals surface area contributed by atoms with Crippen molar-refractivity contribution in [2.45, 2.75) is 65.9 Å². The summed E-state index contributed by atoms with van der Waals surface area (Å²) < 4.78 is 0. The highest BCUT2D eigenvalue weighted by Crippen LogP contribution is 2.26. The summed E-state index contributed by atoms with van der Waals surface area (Å²) in [5.41, 5.74) is 5.02. The number of unbranched alkanes of at least 4 members (excludes halogenated alkanes) is 1. The van der Waals surface area contributed by atoms with Crippen LogP contribution in [-0.4, -0.2) is 58.8 Å². The summed E-state index contributed by atoms with van der Waals surface area (Å²) in [7, 11) is 0. The van der Waals surface area contributed by atoms with Gasteiger partial charge in [0.1, 0.15) is 11.6 Å². The van der Waals surface area contributed by atoms with Gasteiger partial charge in [0.2, 0.25) is 0 Å². The van der Waals surface area contributed by atoms with E-state index >= 15 is 0 Å². The van der Waals surface area contributed by atoms with Crippen molar-refractivity contribution in [3.8, 4) is 0 Å². The number of aliphatic hydroxyl groups is 1. The Balaban J connectivity index is 1.74. The van der Waals surface area contributed by atoms with E-state index in [0.717, 1.165) is 82.2 Å². The molecule has 0 bridgehead atoms. The fourth-order valence-corrected chi connectivity index (χ4v) is 4.25. The van der Waals surface area contributed by atoms with Gasteiger partial charge in [0.05, 0.1) is 6.10 Å². The van der Waals surface area contributed by atoms with Gasteiger partial charge in [-0.1, -0.05) is 56.5 Å². The van der Waals surface area contributed by atoms with Crippen molar-refractivity contribution in [2.24, 2.45) is 0 Å². The Morgan fingerprint density at radius 1 is 1.00 bits per heavy atom. The number of aryl methyl sites for hydroxylation is 3. The largest absolute Gasteiger partial charge is 0.392 e. The van der Waals surface area contributed by atoms with Gasteiger partial charge in [-0.05, 0) is 32.3 Å². The second-order valence-electron chi connectivity index (χ2n) is 8.62. The number of piperazine rings is 1. The highest BCUT2D eigenvalue weighted by Gasteiger charge is 2.24. The zero-order chi connectivity index (χ0) is 21.5. The molecule has 1 aliphatic rings. The molecule has 2 aromatic rings. The molecule has 1 N–H and O–H groups in total. The second kappa shape index (κ2) is 10.9. The van der Waals surface area contributed by atoms with Crippen LogP contribution in [0.4, 0.5) is 5.82 Å². The summed E-state index contributed by atoms with van der Waals surface area (Å²) in [5.74, 6) is 1.96. The van der Waals surface area contributed by atoms with Gasteiger partial charge < -0.3 is 10.0 Å². The van der Waals surface area contributed by atoms with Crippen molar-refractivity contribution in [3.05, 3.63) is 52.5 Å². The van der Waals surface area contributed by atoms with Gasteiger partial charge in [-0.3, -0.25) is 4.90 Å². The van der Waals surface area contributed by atoms with Crippen LogP contribution in [0.1, 0.15) is 61.3 Å². The maximum absolute atomic E-state index is 10.3. The van der Waals surface area contributed by atoms with Gasteiger partial charge in [0.15, 0.2) is 0 Å². The Morgan fingerprint density at radius 2 is 1.70 bits per heavy atom. The molecule has 1 saturated heterocycles. The van der Waals surface area contributed by atoms with E-state index in [2.05, 4.69) is 54.8 Å². The van der Waals surface area contributed by atoms with E-state index in [-0.39, 0.29) is 6.10 Å². The summed E-state index contributed by atoms with van der Waals surface area (Å²) in [6.45, 7) is 13.1. The van der Waals surface area contributed by atoms with E-state index in [1.165, 1.54) is 16.7 Å². The van der Waals surface area contributed by atoms with Crippen molar-refractivity contribution in [1.82, 2.24) is 14.9 Å². The molecule has 0 spiro atoms. The highest BCUT2D eigenvalue weighted by atomic mass is 16.3. The summed E-state index contributed by atoms with van der Waals surface area (Å²) in [5, 5.41) is 10.3. The lowest BCUT2D eigenvalue weighted by Crippen LogP contribution is -2.49. The number of hydrogen-bond donors (Lipinski definition) is 1.